The number of halogens is 1. The fourth-order valence-corrected chi connectivity index (χ4v) is 2.27. The van der Waals surface area contributed by atoms with E-state index < -0.39 is 0 Å². The van der Waals surface area contributed by atoms with Crippen LogP contribution in [-0.2, 0) is 6.54 Å². The lowest BCUT2D eigenvalue weighted by Gasteiger charge is -2.09. The second kappa shape index (κ2) is 5.89. The molecule has 3 N–H and O–H groups in total. The van der Waals surface area contributed by atoms with Gasteiger partial charge in [0.2, 0.25) is 0 Å². The Morgan fingerprint density at radius 2 is 1.90 bits per heavy atom. The molecule has 1 heterocycles. The summed E-state index contributed by atoms with van der Waals surface area (Å²) in [5, 5.41) is 20.5. The highest BCUT2D eigenvalue weighted by molar-refractivity contribution is 6.30. The van der Waals surface area contributed by atoms with Crippen molar-refractivity contribution >= 4 is 17.3 Å². The Morgan fingerprint density at radius 1 is 1.10 bits per heavy atom. The second-order valence-electron chi connectivity index (χ2n) is 4.67. The molecule has 0 aliphatic heterocycles. The van der Waals surface area contributed by atoms with Crippen LogP contribution in [-0.4, -0.2) is 15.3 Å². The topological polar surface area (TPSA) is 60.9 Å². The van der Waals surface area contributed by atoms with E-state index in [1.807, 2.05) is 30.3 Å². The number of aromatic amines is 1. The zero-order valence-electron chi connectivity index (χ0n) is 11.2. The number of phenols is 1. The van der Waals surface area contributed by atoms with Crippen LogP contribution >= 0.6 is 11.6 Å². The van der Waals surface area contributed by atoms with E-state index in [-0.39, 0.29) is 5.75 Å². The van der Waals surface area contributed by atoms with Crippen LogP contribution in [0.25, 0.3) is 11.3 Å². The van der Waals surface area contributed by atoms with Gasteiger partial charge in [0, 0.05) is 29.0 Å². The predicted molar refractivity (Wildman–Crippen MR) is 84.5 cm³/mol. The van der Waals surface area contributed by atoms with E-state index in [0.29, 0.717) is 11.6 Å². The summed E-state index contributed by atoms with van der Waals surface area (Å²) in [6, 6.07) is 14.9. The first-order chi connectivity index (χ1) is 10.2. The Balaban J connectivity index is 1.70. The number of hydrogen-bond acceptors (Lipinski definition) is 3. The number of benzene rings is 2. The molecule has 0 bridgehead atoms. The maximum atomic E-state index is 9.77. The lowest BCUT2D eigenvalue weighted by Crippen LogP contribution is -1.99. The predicted octanol–water partition coefficient (Wildman–Crippen LogP) is 4.05. The largest absolute Gasteiger partial charge is 0.508 e. The van der Waals surface area contributed by atoms with Crippen LogP contribution in [0.5, 0.6) is 5.75 Å². The van der Waals surface area contributed by atoms with Crippen molar-refractivity contribution in [3.63, 3.8) is 0 Å². The molecule has 0 unspecified atom stereocenters. The van der Waals surface area contributed by atoms with Crippen molar-refractivity contribution < 1.29 is 5.11 Å². The molecule has 0 saturated carbocycles. The lowest BCUT2D eigenvalue weighted by molar-refractivity contribution is 0.469. The molecule has 3 rings (SSSR count). The van der Waals surface area contributed by atoms with Gasteiger partial charge < -0.3 is 10.4 Å². The average molecular weight is 300 g/mol. The summed E-state index contributed by atoms with van der Waals surface area (Å²) in [4.78, 5) is 0. The van der Waals surface area contributed by atoms with E-state index in [1.54, 1.807) is 24.4 Å². The van der Waals surface area contributed by atoms with Crippen LogP contribution in [0.15, 0.2) is 54.7 Å². The molecule has 5 heteroatoms. The Labute approximate surface area is 127 Å². The number of nitrogens with one attached hydrogen (secondary N) is 2. The Kier molecular flexibility index (Phi) is 3.79. The van der Waals surface area contributed by atoms with Gasteiger partial charge in [-0.05, 0) is 42.0 Å². The molecular weight excluding hydrogens is 286 g/mol. The second-order valence-corrected chi connectivity index (χ2v) is 5.11. The third kappa shape index (κ3) is 3.17. The molecule has 3 aromatic rings. The molecule has 0 spiro atoms. The van der Waals surface area contributed by atoms with Gasteiger partial charge in [0.25, 0.3) is 0 Å². The minimum Gasteiger partial charge on any atom is -0.508 e. The number of rotatable bonds is 4. The van der Waals surface area contributed by atoms with Gasteiger partial charge in [-0.2, -0.15) is 5.10 Å². The molecule has 2 aromatic carbocycles. The van der Waals surface area contributed by atoms with Crippen molar-refractivity contribution in [3.05, 3.63) is 65.3 Å². The molecule has 0 aliphatic rings. The van der Waals surface area contributed by atoms with Crippen molar-refractivity contribution in [1.82, 2.24) is 10.2 Å². The summed E-state index contributed by atoms with van der Waals surface area (Å²) in [5.41, 5.74) is 3.79. The van der Waals surface area contributed by atoms with E-state index in [4.69, 9.17) is 11.6 Å². The molecule has 0 fully saturated rings. The number of nitrogens with zero attached hydrogens (tertiary/aromatic N) is 1. The van der Waals surface area contributed by atoms with E-state index in [9.17, 15) is 5.11 Å². The van der Waals surface area contributed by atoms with Gasteiger partial charge in [-0.25, -0.2) is 0 Å². The van der Waals surface area contributed by atoms with Gasteiger partial charge in [-0.15, -0.1) is 0 Å². The molecule has 0 aliphatic carbocycles. The number of aromatic nitrogens is 2. The summed E-state index contributed by atoms with van der Waals surface area (Å²) in [6.07, 6.45) is 1.73. The first-order valence-corrected chi connectivity index (χ1v) is 6.91. The molecule has 1 aromatic heterocycles. The van der Waals surface area contributed by atoms with E-state index in [2.05, 4.69) is 15.5 Å². The quantitative estimate of drug-likeness (QED) is 0.681. The zero-order valence-corrected chi connectivity index (χ0v) is 11.9. The highest BCUT2D eigenvalue weighted by Crippen LogP contribution is 2.23. The minimum atomic E-state index is 0.237. The highest BCUT2D eigenvalue weighted by atomic mass is 35.5. The third-order valence-corrected chi connectivity index (χ3v) is 3.46. The molecule has 0 atom stereocenters. The van der Waals surface area contributed by atoms with Crippen molar-refractivity contribution in [2.24, 2.45) is 0 Å². The van der Waals surface area contributed by atoms with Gasteiger partial charge in [0.05, 0.1) is 5.69 Å². The minimum absolute atomic E-state index is 0.237. The first-order valence-electron chi connectivity index (χ1n) is 6.53. The zero-order chi connectivity index (χ0) is 14.7. The van der Waals surface area contributed by atoms with Gasteiger partial charge in [0.1, 0.15) is 5.75 Å². The smallest absolute Gasteiger partial charge is 0.120 e. The molecule has 0 radical (unpaired) electrons. The van der Waals surface area contributed by atoms with Crippen LogP contribution in [0.2, 0.25) is 5.02 Å². The lowest BCUT2D eigenvalue weighted by atomic mass is 10.1. The van der Waals surface area contributed by atoms with Crippen molar-refractivity contribution in [2.75, 3.05) is 5.32 Å². The SMILES string of the molecule is Oc1ccc(Cl)cc1CNc1ccc(-c2ccn[nH]2)cc1. The van der Waals surface area contributed by atoms with Gasteiger partial charge >= 0.3 is 0 Å². The summed E-state index contributed by atoms with van der Waals surface area (Å²) < 4.78 is 0. The summed E-state index contributed by atoms with van der Waals surface area (Å²) in [6.45, 7) is 0.510. The standard InChI is InChI=1S/C16H14ClN3O/c17-13-3-6-16(21)12(9-13)10-18-14-4-1-11(2-5-14)15-7-8-19-20-15/h1-9,18,21H,10H2,(H,19,20). The maximum absolute atomic E-state index is 9.77. The van der Waals surface area contributed by atoms with E-state index >= 15 is 0 Å². The number of anilines is 1. The van der Waals surface area contributed by atoms with Crippen LogP contribution in [0.4, 0.5) is 5.69 Å². The number of hydrogen-bond donors (Lipinski definition) is 3. The van der Waals surface area contributed by atoms with Crippen molar-refractivity contribution in [3.8, 4) is 17.0 Å². The fraction of sp³-hybridized carbons (Fsp3) is 0.0625. The molecular formula is C16H14ClN3O. The molecule has 0 amide bonds. The normalized spacial score (nSPS) is 10.5. The van der Waals surface area contributed by atoms with E-state index in [1.165, 1.54) is 0 Å². The van der Waals surface area contributed by atoms with Gasteiger partial charge in [-0.1, -0.05) is 23.7 Å². The first kappa shape index (κ1) is 13.5. The summed E-state index contributed by atoms with van der Waals surface area (Å²) in [5.74, 6) is 0.237. The van der Waals surface area contributed by atoms with Gasteiger partial charge in [0.15, 0.2) is 0 Å². The van der Waals surface area contributed by atoms with Gasteiger partial charge in [-0.3, -0.25) is 5.10 Å². The Hall–Kier alpha value is -2.46. The summed E-state index contributed by atoms with van der Waals surface area (Å²) >= 11 is 5.93. The van der Waals surface area contributed by atoms with Crippen molar-refractivity contribution in [1.29, 1.82) is 0 Å². The molecule has 21 heavy (non-hydrogen) atoms. The molecule has 4 nitrogen and oxygen atoms in total. The third-order valence-electron chi connectivity index (χ3n) is 3.22. The molecule has 106 valence electrons. The average Bonchev–Trinajstić information content (AvgIpc) is 3.03. The van der Waals surface area contributed by atoms with Crippen LogP contribution in [0.1, 0.15) is 5.56 Å². The maximum Gasteiger partial charge on any atom is 0.120 e. The highest BCUT2D eigenvalue weighted by Gasteiger charge is 2.03. The number of phenolic OH excluding ortho intramolecular Hbond substituents is 1. The van der Waals surface area contributed by atoms with Crippen LogP contribution in [0.3, 0.4) is 0 Å². The van der Waals surface area contributed by atoms with Crippen LogP contribution < -0.4 is 5.32 Å². The number of aromatic hydroxyl groups is 1. The van der Waals surface area contributed by atoms with Crippen molar-refractivity contribution in [2.45, 2.75) is 6.54 Å². The molecule has 0 saturated heterocycles. The number of H-pyrrole nitrogens is 1. The van der Waals surface area contributed by atoms with E-state index in [0.717, 1.165) is 22.5 Å². The fourth-order valence-electron chi connectivity index (χ4n) is 2.08. The van der Waals surface area contributed by atoms with Crippen LogP contribution in [0, 0.1) is 0 Å². The monoisotopic (exact) mass is 299 g/mol. The Morgan fingerprint density at radius 3 is 2.62 bits per heavy atom. The summed E-state index contributed by atoms with van der Waals surface area (Å²) in [7, 11) is 0. The Bertz CT molecular complexity index is 724.